The summed E-state index contributed by atoms with van der Waals surface area (Å²) in [6, 6.07) is 8.59. The maximum Gasteiger partial charge on any atom is 0.127 e. The van der Waals surface area contributed by atoms with Gasteiger partial charge in [0.1, 0.15) is 11.9 Å². The first kappa shape index (κ1) is 12.0. The van der Waals surface area contributed by atoms with Crippen LogP contribution in [0, 0.1) is 0 Å². The van der Waals surface area contributed by atoms with E-state index in [1.807, 2.05) is 0 Å². The molecule has 2 aliphatic rings. The Labute approximate surface area is 109 Å². The highest BCUT2D eigenvalue weighted by Crippen LogP contribution is 2.36. The maximum absolute atomic E-state index is 6.05. The first-order chi connectivity index (χ1) is 8.76. The Kier molecular flexibility index (Phi) is 3.29. The molecule has 2 heteroatoms. The number of hydrogen-bond donors (Lipinski definition) is 0. The molecule has 4 atom stereocenters. The Morgan fingerprint density at radius 1 is 1.28 bits per heavy atom. The van der Waals surface area contributed by atoms with Crippen LogP contribution >= 0.6 is 0 Å². The molecule has 2 fully saturated rings. The summed E-state index contributed by atoms with van der Waals surface area (Å²) in [6.07, 6.45) is 5.71. The molecule has 2 nitrogen and oxygen atoms in total. The third-order valence-corrected chi connectivity index (χ3v) is 4.40. The van der Waals surface area contributed by atoms with Crippen molar-refractivity contribution in [3.63, 3.8) is 0 Å². The van der Waals surface area contributed by atoms with Gasteiger partial charge in [0.25, 0.3) is 0 Å². The molecule has 0 saturated carbocycles. The fourth-order valence-electron chi connectivity index (χ4n) is 3.00. The molecule has 2 aliphatic heterocycles. The van der Waals surface area contributed by atoms with E-state index in [0.717, 1.165) is 12.2 Å². The first-order valence-electron chi connectivity index (χ1n) is 7.18. The summed E-state index contributed by atoms with van der Waals surface area (Å²) in [5.41, 5.74) is 1.40. The Hall–Kier alpha value is -1.02. The molecule has 0 radical (unpaired) electrons. The molecule has 4 unspecified atom stereocenters. The zero-order valence-electron chi connectivity index (χ0n) is 11.3. The van der Waals surface area contributed by atoms with Crippen LogP contribution in [0.2, 0.25) is 0 Å². The predicted molar refractivity (Wildman–Crippen MR) is 72.1 cm³/mol. The zero-order chi connectivity index (χ0) is 12.5. The molecule has 0 amide bonds. The van der Waals surface area contributed by atoms with Gasteiger partial charge in [0, 0.05) is 6.42 Å². The quantitative estimate of drug-likeness (QED) is 0.802. The number of rotatable bonds is 4. The van der Waals surface area contributed by atoms with E-state index in [0.29, 0.717) is 18.1 Å². The Morgan fingerprint density at radius 3 is 2.61 bits per heavy atom. The average Bonchev–Trinajstić information content (AvgIpc) is 3.01. The summed E-state index contributed by atoms with van der Waals surface area (Å²) in [6.45, 7) is 4.49. The smallest absolute Gasteiger partial charge is 0.127 e. The molecule has 1 aromatic carbocycles. The molecule has 18 heavy (non-hydrogen) atoms. The molecule has 0 aliphatic carbocycles. The Balaban J connectivity index is 1.63. The molecular formula is C16H22O2. The van der Waals surface area contributed by atoms with Crippen molar-refractivity contribution in [2.75, 3.05) is 0 Å². The van der Waals surface area contributed by atoms with Gasteiger partial charge in [-0.2, -0.15) is 0 Å². The fourth-order valence-corrected chi connectivity index (χ4v) is 3.00. The van der Waals surface area contributed by atoms with Crippen molar-refractivity contribution in [1.82, 2.24) is 0 Å². The summed E-state index contributed by atoms with van der Waals surface area (Å²) in [4.78, 5) is 0. The van der Waals surface area contributed by atoms with E-state index >= 15 is 0 Å². The van der Waals surface area contributed by atoms with Crippen LogP contribution < -0.4 is 4.74 Å². The summed E-state index contributed by atoms with van der Waals surface area (Å²) in [5.74, 6) is 1.62. The van der Waals surface area contributed by atoms with Crippen LogP contribution in [-0.4, -0.2) is 18.3 Å². The molecule has 2 heterocycles. The van der Waals surface area contributed by atoms with Crippen LogP contribution in [0.15, 0.2) is 24.3 Å². The van der Waals surface area contributed by atoms with Crippen molar-refractivity contribution in [2.45, 2.75) is 63.8 Å². The van der Waals surface area contributed by atoms with Crippen molar-refractivity contribution < 1.29 is 9.47 Å². The fraction of sp³-hybridized carbons (Fsp3) is 0.625. The van der Waals surface area contributed by atoms with E-state index in [9.17, 15) is 0 Å². The lowest BCUT2D eigenvalue weighted by Gasteiger charge is -2.20. The van der Waals surface area contributed by atoms with Crippen molar-refractivity contribution in [3.05, 3.63) is 29.8 Å². The van der Waals surface area contributed by atoms with Gasteiger partial charge in [0.2, 0.25) is 0 Å². The van der Waals surface area contributed by atoms with E-state index in [2.05, 4.69) is 38.1 Å². The van der Waals surface area contributed by atoms with Gasteiger partial charge in [-0.3, -0.25) is 0 Å². The first-order valence-corrected chi connectivity index (χ1v) is 7.18. The average molecular weight is 246 g/mol. The highest BCUT2D eigenvalue weighted by atomic mass is 16.6. The monoisotopic (exact) mass is 246 g/mol. The van der Waals surface area contributed by atoms with E-state index in [4.69, 9.17) is 9.47 Å². The SMILES string of the molecule is CCC(C)c1ccc(OC2CC3CCC2O3)cc1. The summed E-state index contributed by atoms with van der Waals surface area (Å²) in [7, 11) is 0. The van der Waals surface area contributed by atoms with Crippen molar-refractivity contribution in [2.24, 2.45) is 0 Å². The number of benzene rings is 1. The normalized spacial score (nSPS) is 31.6. The largest absolute Gasteiger partial charge is 0.488 e. The Morgan fingerprint density at radius 2 is 2.06 bits per heavy atom. The zero-order valence-corrected chi connectivity index (χ0v) is 11.3. The predicted octanol–water partition coefficient (Wildman–Crippen LogP) is 3.90. The molecule has 3 rings (SSSR count). The number of fused-ring (bicyclic) bond motifs is 2. The topological polar surface area (TPSA) is 18.5 Å². The van der Waals surface area contributed by atoms with Gasteiger partial charge >= 0.3 is 0 Å². The molecular weight excluding hydrogens is 224 g/mol. The minimum absolute atomic E-state index is 0.276. The highest BCUT2D eigenvalue weighted by Gasteiger charge is 2.42. The summed E-state index contributed by atoms with van der Waals surface area (Å²) >= 11 is 0. The van der Waals surface area contributed by atoms with Crippen LogP contribution in [0.25, 0.3) is 0 Å². The second kappa shape index (κ2) is 4.93. The van der Waals surface area contributed by atoms with Gasteiger partial charge in [0.05, 0.1) is 12.2 Å². The van der Waals surface area contributed by atoms with Crippen molar-refractivity contribution >= 4 is 0 Å². The van der Waals surface area contributed by atoms with Crippen LogP contribution in [0.5, 0.6) is 5.75 Å². The Bertz CT molecular complexity index is 398. The summed E-state index contributed by atoms with van der Waals surface area (Å²) in [5, 5.41) is 0. The molecule has 0 aromatic heterocycles. The van der Waals surface area contributed by atoms with E-state index in [1.54, 1.807) is 0 Å². The van der Waals surface area contributed by atoms with Gasteiger partial charge in [-0.15, -0.1) is 0 Å². The second-order valence-corrected chi connectivity index (χ2v) is 5.64. The molecule has 98 valence electrons. The maximum atomic E-state index is 6.05. The number of ether oxygens (including phenoxy) is 2. The second-order valence-electron chi connectivity index (χ2n) is 5.64. The lowest BCUT2D eigenvalue weighted by molar-refractivity contribution is 0.0640. The van der Waals surface area contributed by atoms with Gasteiger partial charge < -0.3 is 9.47 Å². The minimum atomic E-state index is 0.276. The summed E-state index contributed by atoms with van der Waals surface area (Å²) < 4.78 is 11.9. The van der Waals surface area contributed by atoms with Crippen LogP contribution in [-0.2, 0) is 4.74 Å². The van der Waals surface area contributed by atoms with E-state index in [1.165, 1.54) is 24.8 Å². The standard InChI is InChI=1S/C16H22O2/c1-3-11(2)12-4-6-13(7-5-12)17-16-10-14-8-9-15(16)18-14/h4-7,11,14-16H,3,8-10H2,1-2H3. The molecule has 2 bridgehead atoms. The molecule has 2 saturated heterocycles. The third-order valence-electron chi connectivity index (χ3n) is 4.40. The molecule has 0 N–H and O–H groups in total. The van der Waals surface area contributed by atoms with E-state index < -0.39 is 0 Å². The lowest BCUT2D eigenvalue weighted by atomic mass is 9.97. The van der Waals surface area contributed by atoms with Gasteiger partial charge in [-0.1, -0.05) is 26.0 Å². The molecule has 1 aromatic rings. The van der Waals surface area contributed by atoms with Gasteiger partial charge in [-0.25, -0.2) is 0 Å². The number of hydrogen-bond acceptors (Lipinski definition) is 2. The third kappa shape index (κ3) is 2.26. The van der Waals surface area contributed by atoms with Crippen molar-refractivity contribution in [1.29, 1.82) is 0 Å². The van der Waals surface area contributed by atoms with Crippen LogP contribution in [0.1, 0.15) is 51.0 Å². The molecule has 0 spiro atoms. The van der Waals surface area contributed by atoms with E-state index in [-0.39, 0.29) is 6.10 Å². The highest BCUT2D eigenvalue weighted by molar-refractivity contribution is 5.29. The van der Waals surface area contributed by atoms with Crippen molar-refractivity contribution in [3.8, 4) is 5.75 Å². The van der Waals surface area contributed by atoms with Crippen LogP contribution in [0.3, 0.4) is 0 Å². The minimum Gasteiger partial charge on any atom is -0.488 e. The van der Waals surface area contributed by atoms with Crippen LogP contribution in [0.4, 0.5) is 0 Å². The lowest BCUT2D eigenvalue weighted by Crippen LogP contribution is -2.28. The van der Waals surface area contributed by atoms with Gasteiger partial charge in [0.15, 0.2) is 0 Å². The van der Waals surface area contributed by atoms with Gasteiger partial charge in [-0.05, 0) is 42.9 Å².